The lowest BCUT2D eigenvalue weighted by molar-refractivity contribution is -0.121. The number of hydrogen-bond acceptors (Lipinski definition) is 6. The van der Waals surface area contributed by atoms with Crippen molar-refractivity contribution in [2.24, 2.45) is 0 Å². The number of hydrogen-bond donors (Lipinski definition) is 1. The molecule has 132 valence electrons. The van der Waals surface area contributed by atoms with Crippen molar-refractivity contribution in [2.45, 2.75) is 33.2 Å². The maximum Gasteiger partial charge on any atom is 0.280 e. The summed E-state index contributed by atoms with van der Waals surface area (Å²) in [4.78, 5) is 38.0. The van der Waals surface area contributed by atoms with E-state index in [1.807, 2.05) is 20.8 Å². The Morgan fingerprint density at radius 1 is 1.24 bits per heavy atom. The number of carbonyl (C=O) groups is 3. The van der Waals surface area contributed by atoms with E-state index in [1.54, 1.807) is 24.3 Å². The van der Waals surface area contributed by atoms with Gasteiger partial charge in [0.05, 0.1) is 0 Å². The van der Waals surface area contributed by atoms with Crippen LogP contribution < -0.4 is 10.2 Å². The van der Waals surface area contributed by atoms with Crippen molar-refractivity contribution in [3.63, 3.8) is 0 Å². The van der Waals surface area contributed by atoms with Crippen LogP contribution in [-0.2, 0) is 4.79 Å². The van der Waals surface area contributed by atoms with Crippen LogP contribution >= 0.6 is 11.5 Å². The first-order valence-electron chi connectivity index (χ1n) is 7.68. The van der Waals surface area contributed by atoms with E-state index in [4.69, 9.17) is 0 Å². The molecule has 0 atom stereocenters. The number of Topliss-reactive ketones (excluding diaryl/α,β-unsaturated/α-hetero) is 1. The van der Waals surface area contributed by atoms with Gasteiger partial charge in [0.15, 0.2) is 11.5 Å². The normalized spacial score (nSPS) is 11.0. The van der Waals surface area contributed by atoms with Crippen molar-refractivity contribution in [2.75, 3.05) is 11.4 Å². The highest BCUT2D eigenvalue weighted by Gasteiger charge is 2.25. The molecule has 2 amide bonds. The van der Waals surface area contributed by atoms with Crippen LogP contribution in [0.25, 0.3) is 0 Å². The number of ketones is 1. The predicted octanol–water partition coefficient (Wildman–Crippen LogP) is 2.30. The minimum Gasteiger partial charge on any atom is -0.350 e. The van der Waals surface area contributed by atoms with E-state index in [2.05, 4.69) is 14.9 Å². The Labute approximate surface area is 150 Å². The molecule has 0 saturated heterocycles. The molecular weight excluding hydrogens is 340 g/mol. The van der Waals surface area contributed by atoms with E-state index in [0.29, 0.717) is 11.3 Å². The maximum absolute atomic E-state index is 12.8. The van der Waals surface area contributed by atoms with Gasteiger partial charge in [-0.25, -0.2) is 0 Å². The fraction of sp³-hybridized carbons (Fsp3) is 0.353. The summed E-state index contributed by atoms with van der Waals surface area (Å²) < 4.78 is 3.69. The maximum atomic E-state index is 12.8. The number of anilines is 1. The van der Waals surface area contributed by atoms with Crippen molar-refractivity contribution in [3.05, 3.63) is 40.9 Å². The van der Waals surface area contributed by atoms with E-state index in [1.165, 1.54) is 17.2 Å². The van der Waals surface area contributed by atoms with Crippen LogP contribution in [0.2, 0.25) is 0 Å². The van der Waals surface area contributed by atoms with Crippen LogP contribution in [0.3, 0.4) is 0 Å². The van der Waals surface area contributed by atoms with E-state index in [-0.39, 0.29) is 23.9 Å². The lowest BCUT2D eigenvalue weighted by Crippen LogP contribution is -2.47. The third-order valence-electron chi connectivity index (χ3n) is 3.20. The number of benzene rings is 1. The number of aromatic nitrogens is 2. The molecule has 1 N–H and O–H groups in total. The van der Waals surface area contributed by atoms with Crippen molar-refractivity contribution in [1.82, 2.24) is 14.9 Å². The average molecular weight is 360 g/mol. The molecule has 25 heavy (non-hydrogen) atoms. The molecule has 0 saturated carbocycles. The zero-order valence-electron chi connectivity index (χ0n) is 14.6. The van der Waals surface area contributed by atoms with Gasteiger partial charge < -0.3 is 5.32 Å². The highest BCUT2D eigenvalue weighted by Crippen LogP contribution is 2.19. The van der Waals surface area contributed by atoms with Gasteiger partial charge in [0.1, 0.15) is 6.54 Å². The monoisotopic (exact) mass is 360 g/mol. The molecule has 0 fully saturated rings. The highest BCUT2D eigenvalue weighted by molar-refractivity contribution is 7.03. The number of carbonyl (C=O) groups excluding carboxylic acids is 3. The molecule has 0 spiro atoms. The SMILES string of the molecule is CC(=O)c1cccc(N(CC(=O)NC(C)(C)C)C(=O)c2csnn2)c1. The van der Waals surface area contributed by atoms with Crippen molar-refractivity contribution < 1.29 is 14.4 Å². The second kappa shape index (κ2) is 7.52. The second-order valence-corrected chi connectivity index (χ2v) is 7.20. The number of amides is 2. The fourth-order valence-electron chi connectivity index (χ4n) is 2.17. The Hall–Kier alpha value is -2.61. The van der Waals surface area contributed by atoms with Gasteiger partial charge in [0.25, 0.3) is 5.91 Å². The van der Waals surface area contributed by atoms with Gasteiger partial charge in [-0.15, -0.1) is 5.10 Å². The molecule has 7 nitrogen and oxygen atoms in total. The first-order valence-corrected chi connectivity index (χ1v) is 8.52. The highest BCUT2D eigenvalue weighted by atomic mass is 32.1. The summed E-state index contributed by atoms with van der Waals surface area (Å²) in [5.41, 5.74) is 0.648. The molecule has 0 aliphatic rings. The van der Waals surface area contributed by atoms with Gasteiger partial charge in [-0.3, -0.25) is 19.3 Å². The van der Waals surface area contributed by atoms with Gasteiger partial charge in [-0.2, -0.15) is 0 Å². The minimum atomic E-state index is -0.446. The Balaban J connectivity index is 2.35. The van der Waals surface area contributed by atoms with E-state index >= 15 is 0 Å². The Morgan fingerprint density at radius 3 is 2.52 bits per heavy atom. The van der Waals surface area contributed by atoms with Crippen LogP contribution in [0.4, 0.5) is 5.69 Å². The molecule has 0 radical (unpaired) electrons. The molecule has 1 aromatic heterocycles. The Bertz CT molecular complexity index is 781. The molecule has 1 heterocycles. The summed E-state index contributed by atoms with van der Waals surface area (Å²) >= 11 is 1.05. The Kier molecular flexibility index (Phi) is 5.63. The molecule has 0 aliphatic carbocycles. The topological polar surface area (TPSA) is 92.3 Å². The quantitative estimate of drug-likeness (QED) is 0.826. The first kappa shape index (κ1) is 18.7. The summed E-state index contributed by atoms with van der Waals surface area (Å²) in [7, 11) is 0. The Morgan fingerprint density at radius 2 is 1.96 bits per heavy atom. The molecule has 1 aromatic carbocycles. The third kappa shape index (κ3) is 5.18. The van der Waals surface area contributed by atoms with Crippen molar-refractivity contribution in [1.29, 1.82) is 0 Å². The van der Waals surface area contributed by atoms with Gasteiger partial charge in [-0.1, -0.05) is 16.6 Å². The zero-order valence-corrected chi connectivity index (χ0v) is 15.4. The lowest BCUT2D eigenvalue weighted by atomic mass is 10.1. The number of nitrogens with zero attached hydrogens (tertiary/aromatic N) is 3. The molecule has 2 rings (SSSR count). The smallest absolute Gasteiger partial charge is 0.280 e. The van der Waals surface area contributed by atoms with Gasteiger partial charge >= 0.3 is 0 Å². The molecule has 0 bridgehead atoms. The molecular formula is C17H20N4O3S. The van der Waals surface area contributed by atoms with E-state index in [9.17, 15) is 14.4 Å². The number of nitrogens with one attached hydrogen (secondary N) is 1. The van der Waals surface area contributed by atoms with Crippen LogP contribution in [0.15, 0.2) is 29.6 Å². The fourth-order valence-corrected chi connectivity index (χ4v) is 2.60. The van der Waals surface area contributed by atoms with Crippen LogP contribution in [0.5, 0.6) is 0 Å². The molecule has 0 aliphatic heterocycles. The summed E-state index contributed by atoms with van der Waals surface area (Å²) in [6, 6.07) is 6.60. The van der Waals surface area contributed by atoms with Crippen LogP contribution in [-0.4, -0.2) is 39.3 Å². The first-order chi connectivity index (χ1) is 11.7. The number of rotatable bonds is 5. The molecule has 8 heteroatoms. The summed E-state index contributed by atoms with van der Waals surface area (Å²) in [5.74, 6) is -0.875. The van der Waals surface area contributed by atoms with Crippen molar-refractivity contribution >= 4 is 34.8 Å². The van der Waals surface area contributed by atoms with E-state index in [0.717, 1.165) is 11.5 Å². The van der Waals surface area contributed by atoms with Gasteiger partial charge in [-0.05, 0) is 51.4 Å². The molecule has 2 aromatic rings. The van der Waals surface area contributed by atoms with Gasteiger partial charge in [0.2, 0.25) is 5.91 Å². The minimum absolute atomic E-state index is 0.122. The summed E-state index contributed by atoms with van der Waals surface area (Å²) in [6.07, 6.45) is 0. The van der Waals surface area contributed by atoms with Crippen molar-refractivity contribution in [3.8, 4) is 0 Å². The average Bonchev–Trinajstić information content (AvgIpc) is 3.04. The largest absolute Gasteiger partial charge is 0.350 e. The summed E-state index contributed by atoms with van der Waals surface area (Å²) in [5, 5.41) is 8.12. The predicted molar refractivity (Wildman–Crippen MR) is 95.9 cm³/mol. The third-order valence-corrected chi connectivity index (χ3v) is 3.71. The zero-order chi connectivity index (χ0) is 18.6. The van der Waals surface area contributed by atoms with Crippen LogP contribution in [0, 0.1) is 0 Å². The summed E-state index contributed by atoms with van der Waals surface area (Å²) in [6.45, 7) is 6.84. The molecule has 0 unspecified atom stereocenters. The lowest BCUT2D eigenvalue weighted by Gasteiger charge is -2.25. The second-order valence-electron chi connectivity index (χ2n) is 6.59. The van der Waals surface area contributed by atoms with Gasteiger partial charge in [0, 0.05) is 22.2 Å². The van der Waals surface area contributed by atoms with E-state index < -0.39 is 11.4 Å². The van der Waals surface area contributed by atoms with Crippen LogP contribution in [0.1, 0.15) is 48.5 Å². The standard InChI is InChI=1S/C17H20N4O3S/c1-11(22)12-6-5-7-13(8-12)21(9-15(23)18-17(2,3)4)16(24)14-10-25-20-19-14/h5-8,10H,9H2,1-4H3,(H,18,23).